The highest BCUT2D eigenvalue weighted by Crippen LogP contribution is 2.32. The molecule has 1 aromatic rings. The average Bonchev–Trinajstić information content (AvgIpc) is 2.45. The van der Waals surface area contributed by atoms with Crippen LogP contribution in [0.15, 0.2) is 12.1 Å². The summed E-state index contributed by atoms with van der Waals surface area (Å²) in [5, 5.41) is 0. The maximum atomic E-state index is 12.4. The van der Waals surface area contributed by atoms with Crippen LogP contribution in [0.3, 0.4) is 0 Å². The van der Waals surface area contributed by atoms with Gasteiger partial charge < -0.3 is 18.8 Å². The standard InChI is InChI=1S/C15H20F3NO5S/c1-14(19,24-13(20)15(16,17)18)7-9-5-12(23-3)10(8-25(4)21)6-11(9)22-2/h5-6H,7-8,19H2,1-4H3. The molecule has 25 heavy (non-hydrogen) atoms. The van der Waals surface area contributed by atoms with Gasteiger partial charge in [0.15, 0.2) is 5.72 Å². The number of hydrogen-bond donors (Lipinski definition) is 1. The first-order valence-electron chi connectivity index (χ1n) is 7.02. The number of halogens is 3. The van der Waals surface area contributed by atoms with E-state index in [1.165, 1.54) is 26.5 Å². The molecule has 10 heteroatoms. The molecule has 142 valence electrons. The Balaban J connectivity index is 3.13. The van der Waals surface area contributed by atoms with Gasteiger partial charge in [0.2, 0.25) is 0 Å². The molecule has 0 aliphatic carbocycles. The van der Waals surface area contributed by atoms with Crippen LogP contribution in [-0.4, -0.2) is 42.9 Å². The Morgan fingerprint density at radius 2 is 1.68 bits per heavy atom. The van der Waals surface area contributed by atoms with Crippen LogP contribution in [0, 0.1) is 0 Å². The van der Waals surface area contributed by atoms with E-state index in [0.717, 1.165) is 6.92 Å². The summed E-state index contributed by atoms with van der Waals surface area (Å²) in [6, 6.07) is 3.07. The first-order chi connectivity index (χ1) is 11.4. The molecule has 0 amide bonds. The van der Waals surface area contributed by atoms with Crippen LogP contribution in [0.2, 0.25) is 0 Å². The first-order valence-corrected chi connectivity index (χ1v) is 8.75. The van der Waals surface area contributed by atoms with Crippen molar-refractivity contribution in [3.8, 4) is 11.5 Å². The van der Waals surface area contributed by atoms with Crippen molar-refractivity contribution in [2.75, 3.05) is 20.5 Å². The Bertz CT molecular complexity index is 620. The predicted octanol–water partition coefficient (Wildman–Crippen LogP) is 1.91. The van der Waals surface area contributed by atoms with Crippen molar-refractivity contribution >= 4 is 17.1 Å². The minimum atomic E-state index is -5.14. The second-order valence-electron chi connectivity index (χ2n) is 5.57. The highest BCUT2D eigenvalue weighted by Gasteiger charge is 2.44. The summed E-state index contributed by atoms with van der Waals surface area (Å²) in [4.78, 5) is 11.0. The smallest absolute Gasteiger partial charge is 0.490 e. The minimum Gasteiger partial charge on any atom is -0.616 e. The number of benzene rings is 1. The number of methoxy groups -OCH3 is 2. The van der Waals surface area contributed by atoms with E-state index in [0.29, 0.717) is 22.6 Å². The molecule has 0 fully saturated rings. The Kier molecular flexibility index (Phi) is 6.98. The lowest BCUT2D eigenvalue weighted by Gasteiger charge is -2.26. The van der Waals surface area contributed by atoms with Crippen molar-refractivity contribution in [3.05, 3.63) is 23.3 Å². The van der Waals surface area contributed by atoms with Gasteiger partial charge in [-0.25, -0.2) is 4.79 Å². The average molecular weight is 383 g/mol. The lowest BCUT2D eigenvalue weighted by Crippen LogP contribution is -2.46. The zero-order valence-corrected chi connectivity index (χ0v) is 15.0. The van der Waals surface area contributed by atoms with Gasteiger partial charge in [-0.1, -0.05) is 11.2 Å². The summed E-state index contributed by atoms with van der Waals surface area (Å²) >= 11 is -1.14. The molecule has 0 saturated heterocycles. The fraction of sp³-hybridized carbons (Fsp3) is 0.533. The number of ether oxygens (including phenoxy) is 3. The van der Waals surface area contributed by atoms with Crippen LogP contribution >= 0.6 is 0 Å². The van der Waals surface area contributed by atoms with Crippen molar-refractivity contribution < 1.29 is 36.7 Å². The van der Waals surface area contributed by atoms with Gasteiger partial charge in [-0.3, -0.25) is 5.73 Å². The molecule has 2 atom stereocenters. The number of nitrogens with two attached hydrogens (primary N) is 1. The summed E-state index contributed by atoms with van der Waals surface area (Å²) in [6.07, 6.45) is -3.87. The Morgan fingerprint density at radius 1 is 1.20 bits per heavy atom. The lowest BCUT2D eigenvalue weighted by atomic mass is 10.0. The highest BCUT2D eigenvalue weighted by atomic mass is 32.2. The number of hydrogen-bond acceptors (Lipinski definition) is 6. The van der Waals surface area contributed by atoms with E-state index in [2.05, 4.69) is 4.74 Å². The molecule has 0 heterocycles. The zero-order valence-electron chi connectivity index (χ0n) is 14.2. The molecule has 1 rings (SSSR count). The summed E-state index contributed by atoms with van der Waals surface area (Å²) in [6.45, 7) is 1.15. The third-order valence-corrected chi connectivity index (χ3v) is 3.86. The maximum Gasteiger partial charge on any atom is 0.490 e. The molecule has 0 aromatic heterocycles. The first kappa shape index (κ1) is 21.4. The molecule has 2 N–H and O–H groups in total. The van der Waals surface area contributed by atoms with E-state index in [9.17, 15) is 22.5 Å². The van der Waals surface area contributed by atoms with Gasteiger partial charge in [-0.05, 0) is 19.1 Å². The monoisotopic (exact) mass is 383 g/mol. The number of alkyl halides is 3. The van der Waals surface area contributed by atoms with Gasteiger partial charge in [-0.15, -0.1) is 0 Å². The van der Waals surface area contributed by atoms with Crippen LogP contribution in [-0.2, 0) is 32.9 Å². The van der Waals surface area contributed by atoms with Crippen LogP contribution in [0.1, 0.15) is 18.1 Å². The molecule has 1 aromatic carbocycles. The largest absolute Gasteiger partial charge is 0.616 e. The Morgan fingerprint density at radius 3 is 2.12 bits per heavy atom. The topological polar surface area (TPSA) is 93.8 Å². The molecule has 0 radical (unpaired) electrons. The number of esters is 1. The van der Waals surface area contributed by atoms with Crippen LogP contribution in [0.4, 0.5) is 13.2 Å². The third-order valence-electron chi connectivity index (χ3n) is 3.14. The van der Waals surface area contributed by atoms with E-state index in [4.69, 9.17) is 15.2 Å². The SMILES string of the molecule is COc1cc(CC(C)(N)OC(=O)C(F)(F)F)c(OC)cc1C[S+](C)[O-]. The molecule has 6 nitrogen and oxygen atoms in total. The van der Waals surface area contributed by atoms with Gasteiger partial charge in [0, 0.05) is 17.5 Å². The molecule has 0 aliphatic rings. The Labute approximate surface area is 146 Å². The fourth-order valence-electron chi connectivity index (χ4n) is 2.18. The predicted molar refractivity (Wildman–Crippen MR) is 85.8 cm³/mol. The number of rotatable bonds is 7. The van der Waals surface area contributed by atoms with Crippen LogP contribution in [0.25, 0.3) is 0 Å². The quantitative estimate of drug-likeness (QED) is 0.439. The van der Waals surface area contributed by atoms with Crippen LogP contribution in [0.5, 0.6) is 11.5 Å². The fourth-order valence-corrected chi connectivity index (χ4v) is 2.84. The number of carbonyl (C=O) groups excluding carboxylic acids is 1. The highest BCUT2D eigenvalue weighted by molar-refractivity contribution is 7.89. The van der Waals surface area contributed by atoms with Gasteiger partial charge in [0.1, 0.15) is 17.3 Å². The molecule has 2 unspecified atom stereocenters. The summed E-state index contributed by atoms with van der Waals surface area (Å²) in [5.41, 5.74) is 4.76. The van der Waals surface area contributed by atoms with E-state index in [1.54, 1.807) is 6.07 Å². The zero-order chi connectivity index (χ0) is 19.4. The van der Waals surface area contributed by atoms with Crippen molar-refractivity contribution in [1.29, 1.82) is 0 Å². The summed E-state index contributed by atoms with van der Waals surface area (Å²) < 4.78 is 63.3. The second-order valence-corrected chi connectivity index (χ2v) is 7.01. The van der Waals surface area contributed by atoms with Crippen molar-refractivity contribution in [1.82, 2.24) is 0 Å². The van der Waals surface area contributed by atoms with Crippen molar-refractivity contribution in [3.63, 3.8) is 0 Å². The summed E-state index contributed by atoms with van der Waals surface area (Å²) in [7, 11) is 2.77. The van der Waals surface area contributed by atoms with Gasteiger partial charge in [0.05, 0.1) is 20.5 Å². The minimum absolute atomic E-state index is 0.211. The molecule has 0 saturated carbocycles. The normalized spacial score (nSPS) is 15.2. The van der Waals surface area contributed by atoms with Gasteiger partial charge in [0.25, 0.3) is 0 Å². The Hall–Kier alpha value is -1.65. The van der Waals surface area contributed by atoms with Gasteiger partial charge >= 0.3 is 12.1 Å². The van der Waals surface area contributed by atoms with E-state index in [1.807, 2.05) is 0 Å². The van der Waals surface area contributed by atoms with Crippen LogP contribution < -0.4 is 15.2 Å². The van der Waals surface area contributed by atoms with Gasteiger partial charge in [-0.2, -0.15) is 13.2 Å². The van der Waals surface area contributed by atoms with E-state index >= 15 is 0 Å². The second kappa shape index (κ2) is 8.15. The molecule has 0 spiro atoms. The van der Waals surface area contributed by atoms with E-state index in [-0.39, 0.29) is 12.2 Å². The summed E-state index contributed by atoms with van der Waals surface area (Å²) in [5.74, 6) is -1.48. The third kappa shape index (κ3) is 6.29. The number of carbonyl (C=O) groups is 1. The van der Waals surface area contributed by atoms with E-state index < -0.39 is 29.0 Å². The van der Waals surface area contributed by atoms with Crippen molar-refractivity contribution in [2.24, 2.45) is 5.73 Å². The molecular formula is C15H20F3NO5S. The molecular weight excluding hydrogens is 363 g/mol. The molecule has 0 aliphatic heterocycles. The lowest BCUT2D eigenvalue weighted by molar-refractivity contribution is -0.212. The van der Waals surface area contributed by atoms with Crippen molar-refractivity contribution in [2.45, 2.75) is 31.0 Å². The molecule has 0 bridgehead atoms. The maximum absolute atomic E-state index is 12.4.